The molecular weight excluding hydrogens is 224 g/mol. The van der Waals surface area contributed by atoms with Gasteiger partial charge in [0.2, 0.25) is 5.91 Å². The van der Waals surface area contributed by atoms with Crippen molar-refractivity contribution in [1.82, 2.24) is 0 Å². The van der Waals surface area contributed by atoms with E-state index in [-0.39, 0.29) is 5.91 Å². The third-order valence-electron chi connectivity index (χ3n) is 3.62. The number of piperidine rings is 1. The van der Waals surface area contributed by atoms with Gasteiger partial charge in [-0.25, -0.2) is 0 Å². The van der Waals surface area contributed by atoms with Gasteiger partial charge >= 0.3 is 0 Å². The molecule has 1 N–H and O–H groups in total. The molecule has 1 aromatic carbocycles. The predicted octanol–water partition coefficient (Wildman–Crippen LogP) is 3.41. The number of carbonyl (C=O) groups excluding carboxylic acids is 1. The maximum absolute atomic E-state index is 11.0. The van der Waals surface area contributed by atoms with Gasteiger partial charge in [-0.15, -0.1) is 0 Å². The molecule has 3 nitrogen and oxygen atoms in total. The smallest absolute Gasteiger partial charge is 0.221 e. The van der Waals surface area contributed by atoms with Crippen LogP contribution < -0.4 is 10.2 Å². The van der Waals surface area contributed by atoms with E-state index in [0.717, 1.165) is 12.2 Å². The van der Waals surface area contributed by atoms with Crippen LogP contribution in [0.4, 0.5) is 11.4 Å². The molecule has 1 atom stereocenters. The fraction of sp³-hybridized carbons (Fsp3) is 0.533. The normalized spacial score (nSPS) is 19.7. The maximum Gasteiger partial charge on any atom is 0.221 e. The Hall–Kier alpha value is -1.51. The highest BCUT2D eigenvalue weighted by molar-refractivity contribution is 5.88. The molecule has 0 saturated carbocycles. The molecule has 0 aromatic heterocycles. The molecule has 1 aliphatic rings. The zero-order valence-corrected chi connectivity index (χ0v) is 11.3. The summed E-state index contributed by atoms with van der Waals surface area (Å²) < 4.78 is 0. The molecule has 1 fully saturated rings. The van der Waals surface area contributed by atoms with Crippen molar-refractivity contribution in [2.24, 2.45) is 0 Å². The molecule has 1 aliphatic heterocycles. The number of amides is 1. The number of hydrogen-bond donors (Lipinski definition) is 1. The number of nitrogens with one attached hydrogen (secondary N) is 1. The fourth-order valence-electron chi connectivity index (χ4n) is 2.70. The second kappa shape index (κ2) is 5.89. The molecule has 0 spiro atoms. The lowest BCUT2D eigenvalue weighted by Crippen LogP contribution is -2.39. The molecule has 0 aliphatic carbocycles. The highest BCUT2D eigenvalue weighted by Gasteiger charge is 2.20. The molecule has 3 heteroatoms. The molecule has 1 heterocycles. The van der Waals surface area contributed by atoms with Gasteiger partial charge in [-0.2, -0.15) is 0 Å². The first-order chi connectivity index (χ1) is 8.70. The van der Waals surface area contributed by atoms with Crippen LogP contribution in [-0.2, 0) is 4.79 Å². The third kappa shape index (κ3) is 3.03. The Morgan fingerprint density at radius 1 is 1.33 bits per heavy atom. The SMILES string of the molecule is CCC1CCCCN1c1ccc(NC(C)=O)cc1. The highest BCUT2D eigenvalue weighted by Crippen LogP contribution is 2.27. The Kier molecular flexibility index (Phi) is 4.24. The third-order valence-corrected chi connectivity index (χ3v) is 3.62. The van der Waals surface area contributed by atoms with Crippen molar-refractivity contribution in [2.75, 3.05) is 16.8 Å². The fourth-order valence-corrected chi connectivity index (χ4v) is 2.70. The van der Waals surface area contributed by atoms with Gasteiger partial charge in [-0.05, 0) is 49.9 Å². The van der Waals surface area contributed by atoms with Gasteiger partial charge in [0.15, 0.2) is 0 Å². The molecule has 1 amide bonds. The number of carbonyl (C=O) groups is 1. The zero-order chi connectivity index (χ0) is 13.0. The first kappa shape index (κ1) is 12.9. The van der Waals surface area contributed by atoms with Crippen LogP contribution in [0.25, 0.3) is 0 Å². The molecule has 1 aromatic rings. The van der Waals surface area contributed by atoms with Gasteiger partial charge in [0, 0.05) is 30.9 Å². The lowest BCUT2D eigenvalue weighted by molar-refractivity contribution is -0.114. The Labute approximate surface area is 109 Å². The van der Waals surface area contributed by atoms with Crippen LogP contribution in [0.3, 0.4) is 0 Å². The van der Waals surface area contributed by atoms with E-state index in [0.29, 0.717) is 6.04 Å². The van der Waals surface area contributed by atoms with E-state index in [1.807, 2.05) is 12.1 Å². The number of benzene rings is 1. The van der Waals surface area contributed by atoms with E-state index in [1.165, 1.54) is 38.3 Å². The Morgan fingerprint density at radius 3 is 2.67 bits per heavy atom. The largest absolute Gasteiger partial charge is 0.369 e. The summed E-state index contributed by atoms with van der Waals surface area (Å²) in [5.74, 6) is -0.0212. The van der Waals surface area contributed by atoms with Crippen molar-refractivity contribution in [3.05, 3.63) is 24.3 Å². The summed E-state index contributed by atoms with van der Waals surface area (Å²) in [7, 11) is 0. The van der Waals surface area contributed by atoms with E-state index >= 15 is 0 Å². The Balaban J connectivity index is 2.10. The van der Waals surface area contributed by atoms with Crippen LogP contribution in [-0.4, -0.2) is 18.5 Å². The maximum atomic E-state index is 11.0. The van der Waals surface area contributed by atoms with Gasteiger partial charge in [-0.1, -0.05) is 6.92 Å². The van der Waals surface area contributed by atoms with Gasteiger partial charge in [0.25, 0.3) is 0 Å². The summed E-state index contributed by atoms with van der Waals surface area (Å²) in [6, 6.07) is 8.86. The van der Waals surface area contributed by atoms with Crippen molar-refractivity contribution >= 4 is 17.3 Å². The van der Waals surface area contributed by atoms with E-state index in [4.69, 9.17) is 0 Å². The van der Waals surface area contributed by atoms with E-state index in [1.54, 1.807) is 0 Å². The van der Waals surface area contributed by atoms with Crippen molar-refractivity contribution < 1.29 is 4.79 Å². The first-order valence-corrected chi connectivity index (χ1v) is 6.85. The standard InChI is InChI=1S/C15H22N2O/c1-3-14-6-4-5-11-17(14)15-9-7-13(8-10-15)16-12(2)18/h7-10,14H,3-6,11H2,1-2H3,(H,16,18). The Bertz CT molecular complexity index is 399. The molecule has 1 unspecified atom stereocenters. The van der Waals surface area contributed by atoms with Crippen LogP contribution in [0, 0.1) is 0 Å². The summed E-state index contributed by atoms with van der Waals surface area (Å²) >= 11 is 0. The van der Waals surface area contributed by atoms with E-state index < -0.39 is 0 Å². The van der Waals surface area contributed by atoms with E-state index in [9.17, 15) is 4.79 Å². The summed E-state index contributed by atoms with van der Waals surface area (Å²) in [5.41, 5.74) is 2.15. The van der Waals surface area contributed by atoms with Crippen molar-refractivity contribution in [3.63, 3.8) is 0 Å². The molecular formula is C15H22N2O. The summed E-state index contributed by atoms with van der Waals surface area (Å²) in [4.78, 5) is 13.5. The van der Waals surface area contributed by atoms with Crippen molar-refractivity contribution in [1.29, 1.82) is 0 Å². The lowest BCUT2D eigenvalue weighted by atomic mass is 9.99. The van der Waals surface area contributed by atoms with Crippen LogP contribution in [0.2, 0.25) is 0 Å². The molecule has 2 rings (SSSR count). The van der Waals surface area contributed by atoms with E-state index in [2.05, 4.69) is 29.3 Å². The topological polar surface area (TPSA) is 32.3 Å². The van der Waals surface area contributed by atoms with Gasteiger partial charge in [0.05, 0.1) is 0 Å². The highest BCUT2D eigenvalue weighted by atomic mass is 16.1. The molecule has 0 radical (unpaired) electrons. The molecule has 18 heavy (non-hydrogen) atoms. The molecule has 1 saturated heterocycles. The van der Waals surface area contributed by atoms with Crippen molar-refractivity contribution in [3.8, 4) is 0 Å². The van der Waals surface area contributed by atoms with Crippen LogP contribution >= 0.6 is 0 Å². The number of hydrogen-bond acceptors (Lipinski definition) is 2. The zero-order valence-electron chi connectivity index (χ0n) is 11.3. The minimum Gasteiger partial charge on any atom is -0.369 e. The molecule has 98 valence electrons. The summed E-state index contributed by atoms with van der Waals surface area (Å²) in [5, 5.41) is 2.80. The van der Waals surface area contributed by atoms with Crippen LogP contribution in [0.15, 0.2) is 24.3 Å². The molecule has 0 bridgehead atoms. The average Bonchev–Trinajstić information content (AvgIpc) is 2.39. The van der Waals surface area contributed by atoms with Crippen LogP contribution in [0.1, 0.15) is 39.5 Å². The second-order valence-electron chi connectivity index (χ2n) is 4.98. The quantitative estimate of drug-likeness (QED) is 0.886. The lowest BCUT2D eigenvalue weighted by Gasteiger charge is -2.37. The number of anilines is 2. The summed E-state index contributed by atoms with van der Waals surface area (Å²) in [6.45, 7) is 4.94. The monoisotopic (exact) mass is 246 g/mol. The van der Waals surface area contributed by atoms with Gasteiger partial charge < -0.3 is 10.2 Å². The number of rotatable bonds is 3. The summed E-state index contributed by atoms with van der Waals surface area (Å²) in [6.07, 6.45) is 5.13. The first-order valence-electron chi connectivity index (χ1n) is 6.85. The van der Waals surface area contributed by atoms with Crippen molar-refractivity contribution in [2.45, 2.75) is 45.6 Å². The van der Waals surface area contributed by atoms with Gasteiger partial charge in [-0.3, -0.25) is 4.79 Å². The average molecular weight is 246 g/mol. The second-order valence-corrected chi connectivity index (χ2v) is 4.98. The predicted molar refractivity (Wildman–Crippen MR) is 76.0 cm³/mol. The Morgan fingerprint density at radius 2 is 2.06 bits per heavy atom. The minimum absolute atomic E-state index is 0.0212. The number of nitrogens with zero attached hydrogens (tertiary/aromatic N) is 1. The van der Waals surface area contributed by atoms with Gasteiger partial charge in [0.1, 0.15) is 0 Å². The van der Waals surface area contributed by atoms with Crippen LogP contribution in [0.5, 0.6) is 0 Å². The minimum atomic E-state index is -0.0212.